The van der Waals surface area contributed by atoms with E-state index in [0.717, 1.165) is 61.2 Å². The minimum Gasteiger partial charge on any atom is -0.489 e. The number of hydrogen-bond acceptors (Lipinski definition) is 14. The van der Waals surface area contributed by atoms with E-state index in [1.54, 1.807) is 7.11 Å². The molecule has 514 valence electrons. The second-order valence-electron chi connectivity index (χ2n) is 24.3. The highest BCUT2D eigenvalue weighted by Crippen LogP contribution is 2.33. The van der Waals surface area contributed by atoms with E-state index in [0.29, 0.717) is 105 Å². The Hall–Kier alpha value is -10.4. The second-order valence-corrected chi connectivity index (χ2v) is 24.3. The van der Waals surface area contributed by atoms with E-state index in [4.69, 9.17) is 66.3 Å². The van der Waals surface area contributed by atoms with Crippen LogP contribution in [0.1, 0.15) is 61.2 Å². The number of rotatable bonds is 43. The first kappa shape index (κ1) is 70.9. The van der Waals surface area contributed by atoms with Crippen molar-refractivity contribution in [3.63, 3.8) is 0 Å². The first-order valence-electron chi connectivity index (χ1n) is 33.6. The minimum atomic E-state index is -0.872. The third-order valence-corrected chi connectivity index (χ3v) is 15.9. The zero-order valence-corrected chi connectivity index (χ0v) is 56.6. The molecule has 0 saturated heterocycles. The van der Waals surface area contributed by atoms with Crippen LogP contribution in [0, 0.1) is 5.41 Å². The number of ether oxygens (including phenoxy) is 14. The molecule has 1 unspecified atom stereocenters. The molecule has 11 aromatic rings. The molecule has 0 heterocycles. The topological polar surface area (TPSA) is 129 Å². The van der Waals surface area contributed by atoms with E-state index in [2.05, 4.69) is 0 Å². The maximum absolute atomic E-state index is 6.91. The lowest BCUT2D eigenvalue weighted by Gasteiger charge is -2.33. The molecule has 14 heteroatoms. The summed E-state index contributed by atoms with van der Waals surface area (Å²) in [7, 11) is 1.64. The SMILES string of the molecule is COCCOCOCC(COCc1ccccc1)(COCc1cc(OCc2ccccc2)cc(OCc2ccccc2)c1)COCc1cc(OCc2cc(OCc3ccccc3)cc(OCc3ccccc3)c2)cc(OCc2cc(OCc3ccccc3)cc(OCc3ccccc3)c2)c1. The largest absolute Gasteiger partial charge is 0.489 e. The fourth-order valence-corrected chi connectivity index (χ4v) is 10.8. The van der Waals surface area contributed by atoms with Crippen molar-refractivity contribution in [2.75, 3.05) is 53.5 Å². The molecule has 14 nitrogen and oxygen atoms in total. The highest BCUT2D eigenvalue weighted by molar-refractivity contribution is 5.43. The van der Waals surface area contributed by atoms with Crippen LogP contribution in [-0.2, 0) is 101 Å². The molecule has 0 saturated carbocycles. The quantitative estimate of drug-likeness (QED) is 0.0265. The molecule has 0 bridgehead atoms. The Morgan fingerprint density at radius 3 is 0.640 bits per heavy atom. The molecule has 11 aromatic carbocycles. The predicted molar refractivity (Wildman–Crippen MR) is 386 cm³/mol. The van der Waals surface area contributed by atoms with Crippen LogP contribution < -0.4 is 37.9 Å². The summed E-state index contributed by atoms with van der Waals surface area (Å²) in [6, 6.07) is 94.0. The third kappa shape index (κ3) is 24.5. The number of benzene rings is 11. The zero-order chi connectivity index (χ0) is 68.3. The van der Waals surface area contributed by atoms with Crippen molar-refractivity contribution in [1.29, 1.82) is 0 Å². The van der Waals surface area contributed by atoms with Crippen LogP contribution in [-0.4, -0.2) is 53.5 Å². The summed E-state index contributed by atoms with van der Waals surface area (Å²) in [5.41, 5.74) is 9.71. The summed E-state index contributed by atoms with van der Waals surface area (Å²) in [5, 5.41) is 0. The summed E-state index contributed by atoms with van der Waals surface area (Å²) in [6.45, 7) is 4.77. The lowest BCUT2D eigenvalue weighted by molar-refractivity contribution is -0.146. The molecule has 11 rings (SSSR count). The molecule has 0 aromatic heterocycles. The van der Waals surface area contributed by atoms with Crippen molar-refractivity contribution in [2.24, 2.45) is 5.41 Å². The van der Waals surface area contributed by atoms with Gasteiger partial charge in [0, 0.05) is 31.4 Å². The van der Waals surface area contributed by atoms with Crippen LogP contribution in [0.25, 0.3) is 0 Å². The van der Waals surface area contributed by atoms with Crippen molar-refractivity contribution in [3.05, 3.63) is 346 Å². The number of hydrogen-bond donors (Lipinski definition) is 0. The van der Waals surface area contributed by atoms with Crippen molar-refractivity contribution in [1.82, 2.24) is 0 Å². The summed E-state index contributed by atoms with van der Waals surface area (Å²) >= 11 is 0. The van der Waals surface area contributed by atoms with E-state index < -0.39 is 5.41 Å². The molecule has 1 atom stereocenters. The van der Waals surface area contributed by atoms with Crippen molar-refractivity contribution in [3.8, 4) is 46.0 Å². The van der Waals surface area contributed by atoms with Gasteiger partial charge >= 0.3 is 0 Å². The van der Waals surface area contributed by atoms with Crippen LogP contribution in [0.5, 0.6) is 46.0 Å². The minimum absolute atomic E-state index is 0.0121. The van der Waals surface area contributed by atoms with Crippen LogP contribution >= 0.6 is 0 Å². The normalized spacial score (nSPS) is 11.7. The molecule has 0 amide bonds. The van der Waals surface area contributed by atoms with E-state index in [9.17, 15) is 0 Å². The van der Waals surface area contributed by atoms with Crippen LogP contribution in [0.15, 0.2) is 285 Å². The summed E-state index contributed by atoms with van der Waals surface area (Å²) in [4.78, 5) is 0. The average Bonchev–Trinajstić information content (AvgIpc) is 0.899. The van der Waals surface area contributed by atoms with Crippen LogP contribution in [0.3, 0.4) is 0 Å². The van der Waals surface area contributed by atoms with E-state index >= 15 is 0 Å². The molecule has 0 radical (unpaired) electrons. The smallest absolute Gasteiger partial charge is 0.146 e. The highest BCUT2D eigenvalue weighted by atomic mass is 16.7. The highest BCUT2D eigenvalue weighted by Gasteiger charge is 2.33. The first-order valence-corrected chi connectivity index (χ1v) is 33.6. The van der Waals surface area contributed by atoms with Crippen molar-refractivity contribution >= 4 is 0 Å². The molecule has 0 aliphatic heterocycles. The first-order chi connectivity index (χ1) is 49.4. The van der Waals surface area contributed by atoms with Gasteiger partial charge in [0.2, 0.25) is 0 Å². The molecular formula is C86H86O14. The maximum Gasteiger partial charge on any atom is 0.146 e. The summed E-state index contributed by atoms with van der Waals surface area (Å²) in [6.07, 6.45) is 0. The molecule has 0 aliphatic carbocycles. The van der Waals surface area contributed by atoms with Gasteiger partial charge in [-0.05, 0) is 110 Å². The Morgan fingerprint density at radius 2 is 0.400 bits per heavy atom. The van der Waals surface area contributed by atoms with Gasteiger partial charge in [-0.2, -0.15) is 0 Å². The molecule has 0 spiro atoms. The molecule has 0 aliphatic rings. The number of methoxy groups -OCH3 is 1. The van der Waals surface area contributed by atoms with Gasteiger partial charge in [-0.25, -0.2) is 0 Å². The fraction of sp³-hybridized carbons (Fsp3) is 0.233. The Balaban J connectivity index is 0.870. The monoisotopic (exact) mass is 1340 g/mol. The van der Waals surface area contributed by atoms with Crippen LogP contribution in [0.4, 0.5) is 0 Å². The Morgan fingerprint density at radius 1 is 0.200 bits per heavy atom. The molecule has 0 N–H and O–H groups in total. The van der Waals surface area contributed by atoms with Gasteiger partial charge < -0.3 is 66.3 Å². The van der Waals surface area contributed by atoms with Gasteiger partial charge in [0.1, 0.15) is 106 Å². The Bertz CT molecular complexity index is 3770. The van der Waals surface area contributed by atoms with E-state index in [1.807, 2.05) is 285 Å². The van der Waals surface area contributed by atoms with Gasteiger partial charge in [-0.3, -0.25) is 0 Å². The van der Waals surface area contributed by atoms with E-state index in [1.165, 1.54) is 0 Å². The Labute approximate surface area is 587 Å². The second kappa shape index (κ2) is 39.2. The standard InChI is InChI=1S/C86H86O14/c1-87-37-38-88-66-92-65-86(62-89-51-67-23-9-2-10-24-67,63-90-52-74-39-78(93-54-68-25-11-3-12-26-68)47-79(40-74)94-55-69-27-13-4-14-28-69)64-91-53-75-41-80(99-60-76-43-82(95-56-70-29-15-5-16-30-70)49-83(44-76)96-57-71-31-17-6-18-32-71)48-81(42-75)100-61-77-45-84(97-58-72-33-19-7-20-34-72)50-85(46-77)98-59-73-35-21-8-22-36-73/h2-36,39-50H,37-38,51-66H2,1H3. The van der Waals surface area contributed by atoms with Gasteiger partial charge in [0.15, 0.2) is 0 Å². The lowest BCUT2D eigenvalue weighted by atomic mass is 9.92. The average molecular weight is 1340 g/mol. The van der Waals surface area contributed by atoms with Crippen LogP contribution in [0.2, 0.25) is 0 Å². The van der Waals surface area contributed by atoms with Gasteiger partial charge in [-0.1, -0.05) is 212 Å². The van der Waals surface area contributed by atoms with Gasteiger partial charge in [0.05, 0.1) is 64.9 Å². The van der Waals surface area contributed by atoms with E-state index in [-0.39, 0.29) is 59.6 Å². The third-order valence-electron chi connectivity index (χ3n) is 15.9. The Kier molecular flexibility index (Phi) is 27.8. The summed E-state index contributed by atoms with van der Waals surface area (Å²) in [5.74, 6) is 4.97. The fourth-order valence-electron chi connectivity index (χ4n) is 10.8. The van der Waals surface area contributed by atoms with Crippen molar-refractivity contribution < 1.29 is 66.3 Å². The van der Waals surface area contributed by atoms with Crippen molar-refractivity contribution in [2.45, 2.75) is 72.7 Å². The molecular weight excluding hydrogens is 1260 g/mol. The van der Waals surface area contributed by atoms with Gasteiger partial charge in [0.25, 0.3) is 0 Å². The zero-order valence-electron chi connectivity index (χ0n) is 56.6. The summed E-state index contributed by atoms with van der Waals surface area (Å²) < 4.78 is 89.9. The maximum atomic E-state index is 6.91. The predicted octanol–water partition coefficient (Wildman–Crippen LogP) is 17.9. The molecule has 100 heavy (non-hydrogen) atoms. The lowest BCUT2D eigenvalue weighted by Crippen LogP contribution is -2.42. The van der Waals surface area contributed by atoms with Gasteiger partial charge in [-0.15, -0.1) is 0 Å². The molecule has 0 fully saturated rings.